The van der Waals surface area contributed by atoms with Gasteiger partial charge < -0.3 is 0 Å². The highest BCUT2D eigenvalue weighted by Gasteiger charge is 2.19. The van der Waals surface area contributed by atoms with Crippen molar-refractivity contribution in [2.75, 3.05) is 0 Å². The zero-order valence-electron chi connectivity index (χ0n) is 12.7. The summed E-state index contributed by atoms with van der Waals surface area (Å²) in [4.78, 5) is 11.9. The Morgan fingerprint density at radius 3 is 2.35 bits per heavy atom. The summed E-state index contributed by atoms with van der Waals surface area (Å²) in [7, 11) is -3.22. The minimum Gasteiger partial charge on any atom is -0.299 e. The van der Waals surface area contributed by atoms with E-state index in [4.69, 9.17) is 0 Å². The molecule has 112 valence electrons. The third-order valence-electron chi connectivity index (χ3n) is 3.38. The standard InChI is InChI=1S/C16H24O3S/c1-12(2)16(17)10-6-8-14-7-5-9-15(11-14)20(18,19)13(3)4/h5,7,9,11-13H,6,8,10H2,1-4H3. The van der Waals surface area contributed by atoms with Gasteiger partial charge in [-0.2, -0.15) is 0 Å². The fourth-order valence-electron chi connectivity index (χ4n) is 1.91. The predicted molar refractivity (Wildman–Crippen MR) is 81.5 cm³/mol. The smallest absolute Gasteiger partial charge is 0.180 e. The van der Waals surface area contributed by atoms with E-state index in [1.54, 1.807) is 32.0 Å². The van der Waals surface area contributed by atoms with Crippen molar-refractivity contribution in [3.05, 3.63) is 29.8 Å². The predicted octanol–water partition coefficient (Wildman–Crippen LogP) is 3.42. The van der Waals surface area contributed by atoms with Crippen LogP contribution < -0.4 is 0 Å². The van der Waals surface area contributed by atoms with Crippen molar-refractivity contribution >= 4 is 15.6 Å². The van der Waals surface area contributed by atoms with Crippen LogP contribution in [0.1, 0.15) is 46.1 Å². The van der Waals surface area contributed by atoms with Crippen LogP contribution in [0.2, 0.25) is 0 Å². The van der Waals surface area contributed by atoms with Crippen molar-refractivity contribution in [1.82, 2.24) is 0 Å². The minimum absolute atomic E-state index is 0.0719. The van der Waals surface area contributed by atoms with Gasteiger partial charge >= 0.3 is 0 Å². The molecule has 0 amide bonds. The van der Waals surface area contributed by atoms with Crippen LogP contribution in [-0.4, -0.2) is 19.5 Å². The maximum atomic E-state index is 12.1. The van der Waals surface area contributed by atoms with Crippen molar-refractivity contribution in [2.45, 2.75) is 57.1 Å². The number of hydrogen-bond donors (Lipinski definition) is 0. The molecule has 1 aromatic carbocycles. The molecule has 0 heterocycles. The molecule has 0 aliphatic rings. The molecule has 0 atom stereocenters. The molecule has 4 heteroatoms. The second-order valence-corrected chi connectivity index (χ2v) is 8.22. The van der Waals surface area contributed by atoms with Gasteiger partial charge in [-0.25, -0.2) is 8.42 Å². The second-order valence-electron chi connectivity index (χ2n) is 5.72. The van der Waals surface area contributed by atoms with Gasteiger partial charge in [0.25, 0.3) is 0 Å². The van der Waals surface area contributed by atoms with Crippen molar-refractivity contribution in [3.8, 4) is 0 Å². The largest absolute Gasteiger partial charge is 0.299 e. The number of ketones is 1. The molecule has 1 aromatic rings. The Labute approximate surface area is 122 Å². The number of Topliss-reactive ketones (excluding diaryl/α,β-unsaturated/α-hetero) is 1. The lowest BCUT2D eigenvalue weighted by atomic mass is 10.0. The molecule has 0 aliphatic carbocycles. The fraction of sp³-hybridized carbons (Fsp3) is 0.562. The molecule has 0 aliphatic heterocycles. The van der Waals surface area contributed by atoms with Crippen molar-refractivity contribution in [3.63, 3.8) is 0 Å². The number of hydrogen-bond acceptors (Lipinski definition) is 3. The molecule has 3 nitrogen and oxygen atoms in total. The monoisotopic (exact) mass is 296 g/mol. The molecular weight excluding hydrogens is 272 g/mol. The molecule has 0 saturated carbocycles. The molecule has 0 saturated heterocycles. The summed E-state index contributed by atoms with van der Waals surface area (Å²) in [6.07, 6.45) is 2.06. The number of benzene rings is 1. The average molecular weight is 296 g/mol. The van der Waals surface area contributed by atoms with Gasteiger partial charge in [-0.3, -0.25) is 4.79 Å². The quantitative estimate of drug-likeness (QED) is 0.774. The summed E-state index contributed by atoms with van der Waals surface area (Å²) in [5.41, 5.74) is 0.975. The van der Waals surface area contributed by atoms with Gasteiger partial charge in [0, 0.05) is 12.3 Å². The highest BCUT2D eigenvalue weighted by Crippen LogP contribution is 2.18. The Hall–Kier alpha value is -1.16. The Morgan fingerprint density at radius 2 is 1.80 bits per heavy atom. The number of carbonyl (C=O) groups excluding carboxylic acids is 1. The van der Waals surface area contributed by atoms with Crippen molar-refractivity contribution in [2.24, 2.45) is 5.92 Å². The van der Waals surface area contributed by atoms with Crippen LogP contribution in [0.3, 0.4) is 0 Å². The van der Waals surface area contributed by atoms with Crippen LogP contribution in [-0.2, 0) is 21.1 Å². The Kier molecular flexibility index (Phi) is 5.93. The molecule has 1 rings (SSSR count). The van der Waals surface area contributed by atoms with E-state index < -0.39 is 15.1 Å². The van der Waals surface area contributed by atoms with Crippen LogP contribution in [0.25, 0.3) is 0 Å². The maximum Gasteiger partial charge on any atom is 0.180 e. The Bertz CT molecular complexity index is 557. The topological polar surface area (TPSA) is 51.2 Å². The molecule has 0 radical (unpaired) electrons. The summed E-state index contributed by atoms with van der Waals surface area (Å²) >= 11 is 0. The first kappa shape index (κ1) is 16.9. The third-order valence-corrected chi connectivity index (χ3v) is 5.53. The van der Waals surface area contributed by atoms with Gasteiger partial charge in [-0.15, -0.1) is 0 Å². The minimum atomic E-state index is -3.22. The van der Waals surface area contributed by atoms with E-state index in [1.165, 1.54) is 0 Å². The van der Waals surface area contributed by atoms with Gasteiger partial charge in [0.15, 0.2) is 9.84 Å². The van der Waals surface area contributed by atoms with Gasteiger partial charge in [0.05, 0.1) is 10.1 Å². The van der Waals surface area contributed by atoms with E-state index >= 15 is 0 Å². The molecule has 0 fully saturated rings. The van der Waals surface area contributed by atoms with E-state index in [1.807, 2.05) is 19.9 Å². The summed E-state index contributed by atoms with van der Waals surface area (Å²) in [6, 6.07) is 7.06. The number of aryl methyl sites for hydroxylation is 1. The first-order chi connectivity index (χ1) is 9.25. The van der Waals surface area contributed by atoms with E-state index in [0.29, 0.717) is 11.3 Å². The number of sulfone groups is 1. The van der Waals surface area contributed by atoms with Crippen molar-refractivity contribution in [1.29, 1.82) is 0 Å². The molecule has 0 aromatic heterocycles. The first-order valence-corrected chi connectivity index (χ1v) is 8.65. The Morgan fingerprint density at radius 1 is 1.15 bits per heavy atom. The van der Waals surface area contributed by atoms with Crippen LogP contribution in [0.4, 0.5) is 0 Å². The molecule has 20 heavy (non-hydrogen) atoms. The lowest BCUT2D eigenvalue weighted by Crippen LogP contribution is -2.14. The molecule has 0 unspecified atom stereocenters. The van der Waals surface area contributed by atoms with Crippen LogP contribution >= 0.6 is 0 Å². The fourth-order valence-corrected chi connectivity index (χ4v) is 3.03. The van der Waals surface area contributed by atoms with E-state index in [-0.39, 0.29) is 11.7 Å². The van der Waals surface area contributed by atoms with E-state index in [2.05, 4.69) is 0 Å². The van der Waals surface area contributed by atoms with Crippen LogP contribution in [0.15, 0.2) is 29.2 Å². The molecular formula is C16H24O3S. The third kappa shape index (κ3) is 4.44. The van der Waals surface area contributed by atoms with Gasteiger partial charge in [0.1, 0.15) is 5.78 Å². The zero-order valence-corrected chi connectivity index (χ0v) is 13.5. The van der Waals surface area contributed by atoms with Gasteiger partial charge in [-0.1, -0.05) is 26.0 Å². The highest BCUT2D eigenvalue weighted by atomic mass is 32.2. The van der Waals surface area contributed by atoms with Gasteiger partial charge in [-0.05, 0) is 44.4 Å². The zero-order chi connectivity index (χ0) is 15.3. The first-order valence-electron chi connectivity index (χ1n) is 7.10. The molecule has 0 spiro atoms. The normalized spacial score (nSPS) is 12.1. The average Bonchev–Trinajstić information content (AvgIpc) is 2.38. The van der Waals surface area contributed by atoms with E-state index in [0.717, 1.165) is 18.4 Å². The second kappa shape index (κ2) is 7.02. The number of carbonyl (C=O) groups is 1. The SMILES string of the molecule is CC(C)C(=O)CCCc1cccc(S(=O)(=O)C(C)C)c1. The molecule has 0 bridgehead atoms. The van der Waals surface area contributed by atoms with E-state index in [9.17, 15) is 13.2 Å². The van der Waals surface area contributed by atoms with Gasteiger partial charge in [0.2, 0.25) is 0 Å². The Balaban J connectivity index is 2.73. The molecule has 0 N–H and O–H groups in total. The summed E-state index contributed by atoms with van der Waals surface area (Å²) in [6.45, 7) is 7.17. The summed E-state index contributed by atoms with van der Waals surface area (Å²) in [5.74, 6) is 0.332. The lowest BCUT2D eigenvalue weighted by Gasteiger charge is -2.09. The number of rotatable bonds is 7. The van der Waals surface area contributed by atoms with Crippen LogP contribution in [0, 0.1) is 5.92 Å². The van der Waals surface area contributed by atoms with Crippen LogP contribution in [0.5, 0.6) is 0 Å². The highest BCUT2D eigenvalue weighted by molar-refractivity contribution is 7.92. The summed E-state index contributed by atoms with van der Waals surface area (Å²) < 4.78 is 24.2. The van der Waals surface area contributed by atoms with Crippen molar-refractivity contribution < 1.29 is 13.2 Å². The summed E-state index contributed by atoms with van der Waals surface area (Å²) in [5, 5.41) is -0.416. The lowest BCUT2D eigenvalue weighted by molar-refractivity contribution is -0.121. The maximum absolute atomic E-state index is 12.1.